The van der Waals surface area contributed by atoms with Gasteiger partial charge in [-0.2, -0.15) is 0 Å². The Morgan fingerprint density at radius 1 is 1.22 bits per heavy atom. The van der Waals surface area contributed by atoms with Gasteiger partial charge in [0.2, 0.25) is 5.91 Å². The molecule has 5 heteroatoms. The predicted molar refractivity (Wildman–Crippen MR) is 87.0 cm³/mol. The van der Waals surface area contributed by atoms with Crippen molar-refractivity contribution < 1.29 is 13.9 Å². The second-order valence-electron chi connectivity index (χ2n) is 5.06. The van der Waals surface area contributed by atoms with Gasteiger partial charge in [-0.3, -0.25) is 9.78 Å². The van der Waals surface area contributed by atoms with E-state index in [0.717, 1.165) is 16.5 Å². The molecule has 0 bridgehead atoms. The van der Waals surface area contributed by atoms with E-state index in [1.807, 2.05) is 30.3 Å². The van der Waals surface area contributed by atoms with E-state index in [0.29, 0.717) is 5.69 Å². The third kappa shape index (κ3) is 3.29. The van der Waals surface area contributed by atoms with Crippen molar-refractivity contribution in [2.75, 3.05) is 12.4 Å². The Morgan fingerprint density at radius 2 is 2.04 bits per heavy atom. The summed E-state index contributed by atoms with van der Waals surface area (Å²) >= 11 is 0. The van der Waals surface area contributed by atoms with Crippen molar-refractivity contribution in [2.24, 2.45) is 0 Å². The van der Waals surface area contributed by atoms with Crippen LogP contribution in [-0.4, -0.2) is 18.0 Å². The molecule has 0 fully saturated rings. The maximum absolute atomic E-state index is 13.2. The number of fused-ring (bicyclic) bond motifs is 1. The molecule has 3 aromatic rings. The molecule has 0 unspecified atom stereocenters. The lowest BCUT2D eigenvalue weighted by molar-refractivity contribution is -0.115. The first kappa shape index (κ1) is 15.0. The lowest BCUT2D eigenvalue weighted by Crippen LogP contribution is -2.15. The molecule has 23 heavy (non-hydrogen) atoms. The minimum atomic E-state index is -0.418. The van der Waals surface area contributed by atoms with Gasteiger partial charge in [0, 0.05) is 17.6 Å². The number of carbonyl (C=O) groups is 1. The Hall–Kier alpha value is -2.95. The van der Waals surface area contributed by atoms with E-state index in [1.165, 1.54) is 25.3 Å². The number of anilines is 1. The molecule has 1 aromatic heterocycles. The van der Waals surface area contributed by atoms with Crippen LogP contribution in [0.1, 0.15) is 5.56 Å². The highest BCUT2D eigenvalue weighted by Gasteiger charge is 2.11. The fourth-order valence-corrected chi connectivity index (χ4v) is 2.45. The molecule has 1 N–H and O–H groups in total. The molecule has 1 amide bonds. The molecule has 0 spiro atoms. The number of halogens is 1. The minimum Gasteiger partial charge on any atom is -0.494 e. The molecule has 4 nitrogen and oxygen atoms in total. The second kappa shape index (κ2) is 6.44. The summed E-state index contributed by atoms with van der Waals surface area (Å²) in [6.07, 6.45) is 1.88. The summed E-state index contributed by atoms with van der Waals surface area (Å²) in [5.74, 6) is -0.347. The van der Waals surface area contributed by atoms with E-state index in [-0.39, 0.29) is 18.1 Å². The van der Waals surface area contributed by atoms with Crippen LogP contribution in [0.2, 0.25) is 0 Å². The van der Waals surface area contributed by atoms with E-state index in [1.54, 1.807) is 6.20 Å². The summed E-state index contributed by atoms with van der Waals surface area (Å²) in [5.41, 5.74) is 2.07. The number of pyridine rings is 1. The number of methoxy groups -OCH3 is 1. The Balaban J connectivity index is 1.82. The quantitative estimate of drug-likeness (QED) is 0.801. The highest BCUT2D eigenvalue weighted by molar-refractivity contribution is 5.96. The van der Waals surface area contributed by atoms with Crippen LogP contribution in [0.3, 0.4) is 0 Å². The van der Waals surface area contributed by atoms with Crippen LogP contribution in [0.15, 0.2) is 54.7 Å². The van der Waals surface area contributed by atoms with Gasteiger partial charge in [0.05, 0.1) is 24.7 Å². The van der Waals surface area contributed by atoms with Crippen molar-refractivity contribution in [3.63, 3.8) is 0 Å². The van der Waals surface area contributed by atoms with Crippen LogP contribution in [0.5, 0.6) is 5.75 Å². The first-order valence-corrected chi connectivity index (χ1v) is 7.13. The predicted octanol–water partition coefficient (Wildman–Crippen LogP) is 3.56. The van der Waals surface area contributed by atoms with Gasteiger partial charge in [-0.05, 0) is 23.8 Å². The van der Waals surface area contributed by atoms with E-state index in [2.05, 4.69) is 10.3 Å². The highest BCUT2D eigenvalue weighted by Crippen LogP contribution is 2.25. The van der Waals surface area contributed by atoms with Gasteiger partial charge in [0.25, 0.3) is 0 Å². The first-order chi connectivity index (χ1) is 11.2. The molecule has 0 aliphatic rings. The summed E-state index contributed by atoms with van der Waals surface area (Å²) in [7, 11) is 1.43. The van der Waals surface area contributed by atoms with E-state index >= 15 is 0 Å². The maximum atomic E-state index is 13.2. The molecule has 0 aliphatic heterocycles. The second-order valence-corrected chi connectivity index (χ2v) is 5.06. The first-order valence-electron chi connectivity index (χ1n) is 7.13. The van der Waals surface area contributed by atoms with Gasteiger partial charge in [0.15, 0.2) is 0 Å². The van der Waals surface area contributed by atoms with E-state index < -0.39 is 5.82 Å². The third-order valence-corrected chi connectivity index (χ3v) is 3.50. The molecule has 0 saturated heterocycles. The summed E-state index contributed by atoms with van der Waals surface area (Å²) in [4.78, 5) is 16.6. The lowest BCUT2D eigenvalue weighted by Gasteiger charge is -2.11. The Morgan fingerprint density at radius 3 is 2.87 bits per heavy atom. The van der Waals surface area contributed by atoms with Crippen LogP contribution in [0, 0.1) is 5.82 Å². The smallest absolute Gasteiger partial charge is 0.228 e. The van der Waals surface area contributed by atoms with Gasteiger partial charge in [0.1, 0.15) is 11.6 Å². The average molecular weight is 310 g/mol. The monoisotopic (exact) mass is 310 g/mol. The van der Waals surface area contributed by atoms with Gasteiger partial charge in [-0.15, -0.1) is 0 Å². The number of benzene rings is 2. The molecule has 1 heterocycles. The minimum absolute atomic E-state index is 0.175. The Labute approximate surface area is 132 Å². The van der Waals surface area contributed by atoms with Crippen molar-refractivity contribution in [2.45, 2.75) is 6.42 Å². The van der Waals surface area contributed by atoms with E-state index in [4.69, 9.17) is 4.74 Å². The fraction of sp³-hybridized carbons (Fsp3) is 0.111. The molecular weight excluding hydrogens is 295 g/mol. The van der Waals surface area contributed by atoms with Gasteiger partial charge < -0.3 is 10.1 Å². The van der Waals surface area contributed by atoms with Gasteiger partial charge in [-0.1, -0.05) is 24.3 Å². The third-order valence-electron chi connectivity index (χ3n) is 3.50. The summed E-state index contributed by atoms with van der Waals surface area (Å²) in [5, 5.41) is 3.73. The number of aromatic nitrogens is 1. The van der Waals surface area contributed by atoms with Crippen LogP contribution >= 0.6 is 0 Å². The van der Waals surface area contributed by atoms with Crippen molar-refractivity contribution in [3.8, 4) is 5.75 Å². The van der Waals surface area contributed by atoms with Crippen LogP contribution in [0.4, 0.5) is 10.1 Å². The molecule has 0 aliphatic carbocycles. The SMILES string of the molecule is COc1cc(F)ccc1NC(=O)Cc1cccc2cccnc12. The zero-order chi connectivity index (χ0) is 16.2. The largest absolute Gasteiger partial charge is 0.494 e. The number of hydrogen-bond acceptors (Lipinski definition) is 3. The number of carbonyl (C=O) groups excluding carboxylic acids is 1. The summed E-state index contributed by atoms with van der Waals surface area (Å²) < 4.78 is 18.3. The van der Waals surface area contributed by atoms with Gasteiger partial charge in [-0.25, -0.2) is 4.39 Å². The standard InChI is InChI=1S/C18H15FN2O2/c1-23-16-11-14(19)7-8-15(16)21-17(22)10-13-5-2-4-12-6-3-9-20-18(12)13/h2-9,11H,10H2,1H3,(H,21,22). The zero-order valence-corrected chi connectivity index (χ0v) is 12.5. The van der Waals surface area contributed by atoms with Crippen LogP contribution < -0.4 is 10.1 Å². The summed E-state index contributed by atoms with van der Waals surface area (Å²) in [6.45, 7) is 0. The Kier molecular flexibility index (Phi) is 4.19. The lowest BCUT2D eigenvalue weighted by atomic mass is 10.1. The number of para-hydroxylation sites is 1. The zero-order valence-electron chi connectivity index (χ0n) is 12.5. The molecule has 2 aromatic carbocycles. The molecular formula is C18H15FN2O2. The van der Waals surface area contributed by atoms with Crippen molar-refractivity contribution >= 4 is 22.5 Å². The van der Waals surface area contributed by atoms with Crippen LogP contribution in [0.25, 0.3) is 10.9 Å². The van der Waals surface area contributed by atoms with Crippen molar-refractivity contribution in [1.82, 2.24) is 4.98 Å². The number of nitrogens with zero attached hydrogens (tertiary/aromatic N) is 1. The fourth-order valence-electron chi connectivity index (χ4n) is 2.45. The van der Waals surface area contributed by atoms with Crippen molar-refractivity contribution in [3.05, 3.63) is 66.1 Å². The molecule has 0 radical (unpaired) electrons. The topological polar surface area (TPSA) is 51.2 Å². The number of amides is 1. The molecule has 0 atom stereocenters. The number of ether oxygens (including phenoxy) is 1. The Bertz CT molecular complexity index is 859. The number of nitrogens with one attached hydrogen (secondary N) is 1. The normalized spacial score (nSPS) is 10.5. The number of rotatable bonds is 4. The maximum Gasteiger partial charge on any atom is 0.228 e. The highest BCUT2D eigenvalue weighted by atomic mass is 19.1. The summed E-state index contributed by atoms with van der Waals surface area (Å²) in [6, 6.07) is 13.5. The van der Waals surface area contributed by atoms with Crippen LogP contribution in [-0.2, 0) is 11.2 Å². The molecule has 0 saturated carbocycles. The average Bonchev–Trinajstić information content (AvgIpc) is 2.57. The van der Waals surface area contributed by atoms with Gasteiger partial charge >= 0.3 is 0 Å². The van der Waals surface area contributed by atoms with E-state index in [9.17, 15) is 9.18 Å². The number of hydrogen-bond donors (Lipinski definition) is 1. The molecule has 116 valence electrons. The molecule has 3 rings (SSSR count). The van der Waals surface area contributed by atoms with Crippen molar-refractivity contribution in [1.29, 1.82) is 0 Å².